The third-order valence-electron chi connectivity index (χ3n) is 5.96. The SMILES string of the molecule is Cc1ccc(C=NO)cc1-c1cc2c(cc1C)C(C)(C)CCC2(C)C. The second-order valence-electron chi connectivity index (χ2n) is 8.80. The van der Waals surface area contributed by atoms with Gasteiger partial charge in [0.15, 0.2) is 0 Å². The summed E-state index contributed by atoms with van der Waals surface area (Å²) in [6.07, 6.45) is 3.93. The zero-order valence-electron chi connectivity index (χ0n) is 16.3. The summed E-state index contributed by atoms with van der Waals surface area (Å²) >= 11 is 0. The van der Waals surface area contributed by atoms with E-state index in [1.807, 2.05) is 6.07 Å². The van der Waals surface area contributed by atoms with Crippen LogP contribution in [0.15, 0.2) is 35.5 Å². The highest BCUT2D eigenvalue weighted by atomic mass is 16.4. The highest BCUT2D eigenvalue weighted by Crippen LogP contribution is 2.47. The van der Waals surface area contributed by atoms with Crippen LogP contribution >= 0.6 is 0 Å². The minimum absolute atomic E-state index is 0.200. The van der Waals surface area contributed by atoms with Crippen LogP contribution < -0.4 is 0 Å². The van der Waals surface area contributed by atoms with E-state index in [1.54, 1.807) is 0 Å². The third kappa shape index (κ3) is 3.10. The minimum Gasteiger partial charge on any atom is -0.411 e. The monoisotopic (exact) mass is 335 g/mol. The molecule has 0 unspecified atom stereocenters. The Bertz CT molecular complexity index is 843. The predicted octanol–water partition coefficient (Wildman–Crippen LogP) is 6.13. The zero-order valence-corrected chi connectivity index (χ0v) is 16.3. The Hall–Kier alpha value is -2.09. The van der Waals surface area contributed by atoms with Crippen molar-refractivity contribution in [2.45, 2.75) is 65.2 Å². The molecule has 25 heavy (non-hydrogen) atoms. The molecular formula is C23H29NO. The number of oxime groups is 1. The van der Waals surface area contributed by atoms with Crippen LogP contribution in [0.1, 0.15) is 68.4 Å². The normalized spacial score (nSPS) is 18.3. The fourth-order valence-corrected chi connectivity index (χ4v) is 4.09. The average Bonchev–Trinajstić information content (AvgIpc) is 2.54. The van der Waals surface area contributed by atoms with Crippen molar-refractivity contribution in [3.8, 4) is 11.1 Å². The van der Waals surface area contributed by atoms with Gasteiger partial charge in [0.2, 0.25) is 0 Å². The number of nitrogens with zero attached hydrogens (tertiary/aromatic N) is 1. The molecule has 0 fully saturated rings. The Morgan fingerprint density at radius 1 is 0.840 bits per heavy atom. The van der Waals surface area contributed by atoms with Crippen LogP contribution in [-0.4, -0.2) is 11.4 Å². The van der Waals surface area contributed by atoms with Crippen molar-refractivity contribution in [3.63, 3.8) is 0 Å². The quantitative estimate of drug-likeness (QED) is 0.400. The van der Waals surface area contributed by atoms with Gasteiger partial charge in [0, 0.05) is 0 Å². The number of hydrogen-bond donors (Lipinski definition) is 1. The first-order valence-electron chi connectivity index (χ1n) is 9.10. The lowest BCUT2D eigenvalue weighted by Gasteiger charge is -2.42. The van der Waals surface area contributed by atoms with Crippen LogP contribution in [0.25, 0.3) is 11.1 Å². The largest absolute Gasteiger partial charge is 0.411 e. The molecule has 0 saturated heterocycles. The molecule has 3 rings (SSSR count). The molecule has 1 N–H and O–H groups in total. The van der Waals surface area contributed by atoms with Gasteiger partial charge in [-0.1, -0.05) is 57.1 Å². The molecule has 2 nitrogen and oxygen atoms in total. The summed E-state index contributed by atoms with van der Waals surface area (Å²) in [7, 11) is 0. The fourth-order valence-electron chi connectivity index (χ4n) is 4.09. The minimum atomic E-state index is 0.200. The highest BCUT2D eigenvalue weighted by Gasteiger charge is 2.37. The van der Waals surface area contributed by atoms with Gasteiger partial charge in [0.25, 0.3) is 0 Å². The second kappa shape index (κ2) is 6.01. The Morgan fingerprint density at radius 3 is 2.00 bits per heavy atom. The Labute approximate surface area is 151 Å². The van der Waals surface area contributed by atoms with Crippen LogP contribution in [0.5, 0.6) is 0 Å². The van der Waals surface area contributed by atoms with Crippen molar-refractivity contribution in [1.29, 1.82) is 0 Å². The maximum absolute atomic E-state index is 8.86. The maximum Gasteiger partial charge on any atom is 0.0734 e. The van der Waals surface area contributed by atoms with Crippen molar-refractivity contribution in [1.82, 2.24) is 0 Å². The van der Waals surface area contributed by atoms with Gasteiger partial charge >= 0.3 is 0 Å². The molecule has 132 valence electrons. The van der Waals surface area contributed by atoms with Crippen molar-refractivity contribution < 1.29 is 5.21 Å². The molecule has 0 heterocycles. The van der Waals surface area contributed by atoms with Gasteiger partial charge in [0.05, 0.1) is 6.21 Å². The first kappa shape index (κ1) is 17.7. The molecular weight excluding hydrogens is 306 g/mol. The maximum atomic E-state index is 8.86. The molecule has 2 aromatic carbocycles. The molecule has 0 spiro atoms. The van der Waals surface area contributed by atoms with Crippen molar-refractivity contribution >= 4 is 6.21 Å². The Balaban J connectivity index is 2.25. The van der Waals surface area contributed by atoms with Crippen LogP contribution in [-0.2, 0) is 10.8 Å². The number of aryl methyl sites for hydroxylation is 2. The van der Waals surface area contributed by atoms with Gasteiger partial charge in [-0.15, -0.1) is 0 Å². The Morgan fingerprint density at radius 2 is 1.40 bits per heavy atom. The molecule has 1 aliphatic carbocycles. The predicted molar refractivity (Wildman–Crippen MR) is 106 cm³/mol. The summed E-state index contributed by atoms with van der Waals surface area (Å²) in [6, 6.07) is 11.0. The van der Waals surface area contributed by atoms with Gasteiger partial charge in [-0.05, 0) is 82.5 Å². The Kier molecular flexibility index (Phi) is 4.26. The number of fused-ring (bicyclic) bond motifs is 1. The van der Waals surface area contributed by atoms with E-state index in [9.17, 15) is 0 Å². The summed E-state index contributed by atoms with van der Waals surface area (Å²) in [5, 5.41) is 12.0. The van der Waals surface area contributed by atoms with Crippen molar-refractivity contribution in [3.05, 3.63) is 58.1 Å². The average molecular weight is 335 g/mol. The van der Waals surface area contributed by atoms with E-state index in [0.29, 0.717) is 0 Å². The first-order chi connectivity index (χ1) is 11.7. The van der Waals surface area contributed by atoms with Crippen LogP contribution in [0.3, 0.4) is 0 Å². The van der Waals surface area contributed by atoms with Crippen molar-refractivity contribution in [2.24, 2.45) is 5.16 Å². The molecule has 0 atom stereocenters. The van der Waals surface area contributed by atoms with Gasteiger partial charge in [-0.3, -0.25) is 0 Å². The molecule has 0 amide bonds. The second-order valence-corrected chi connectivity index (χ2v) is 8.80. The lowest BCUT2D eigenvalue weighted by atomic mass is 9.62. The molecule has 0 aromatic heterocycles. The molecule has 0 radical (unpaired) electrons. The van der Waals surface area contributed by atoms with Gasteiger partial charge in [-0.2, -0.15) is 0 Å². The molecule has 0 aliphatic heterocycles. The standard InChI is InChI=1S/C23H29NO/c1-15-7-8-17(14-24-25)12-18(15)19-13-21-20(11-16(19)2)22(3,4)9-10-23(21,5)6/h7-8,11-14,25H,9-10H2,1-6H3. The number of rotatable bonds is 2. The summed E-state index contributed by atoms with van der Waals surface area (Å²) in [4.78, 5) is 0. The van der Waals surface area contributed by atoms with E-state index in [0.717, 1.165) is 5.56 Å². The van der Waals surface area contributed by atoms with Crippen molar-refractivity contribution in [2.75, 3.05) is 0 Å². The highest BCUT2D eigenvalue weighted by molar-refractivity contribution is 5.84. The van der Waals surface area contributed by atoms with E-state index in [-0.39, 0.29) is 10.8 Å². The topological polar surface area (TPSA) is 32.6 Å². The van der Waals surface area contributed by atoms with E-state index >= 15 is 0 Å². The number of benzene rings is 2. The summed E-state index contributed by atoms with van der Waals surface area (Å²) in [6.45, 7) is 13.8. The lowest BCUT2D eigenvalue weighted by molar-refractivity contribution is 0.322. The first-order valence-corrected chi connectivity index (χ1v) is 9.10. The fraction of sp³-hybridized carbons (Fsp3) is 0.435. The van der Waals surface area contributed by atoms with Gasteiger partial charge in [-0.25, -0.2) is 0 Å². The zero-order chi connectivity index (χ0) is 18.4. The van der Waals surface area contributed by atoms with Gasteiger partial charge < -0.3 is 5.21 Å². The summed E-state index contributed by atoms with van der Waals surface area (Å²) in [5.41, 5.74) is 9.38. The smallest absolute Gasteiger partial charge is 0.0734 e. The molecule has 1 aliphatic rings. The van der Waals surface area contributed by atoms with Crippen LogP contribution in [0.4, 0.5) is 0 Å². The third-order valence-corrected chi connectivity index (χ3v) is 5.96. The van der Waals surface area contributed by atoms with Crippen LogP contribution in [0.2, 0.25) is 0 Å². The summed E-state index contributed by atoms with van der Waals surface area (Å²) in [5.74, 6) is 0. The molecule has 2 aromatic rings. The molecule has 0 saturated carbocycles. The molecule has 2 heteroatoms. The lowest BCUT2D eigenvalue weighted by Crippen LogP contribution is -2.34. The van der Waals surface area contributed by atoms with E-state index in [2.05, 4.69) is 71.0 Å². The van der Waals surface area contributed by atoms with E-state index in [1.165, 1.54) is 52.4 Å². The summed E-state index contributed by atoms with van der Waals surface area (Å²) < 4.78 is 0. The van der Waals surface area contributed by atoms with E-state index in [4.69, 9.17) is 5.21 Å². The van der Waals surface area contributed by atoms with Gasteiger partial charge in [0.1, 0.15) is 0 Å². The molecule has 0 bridgehead atoms. The van der Waals surface area contributed by atoms with E-state index < -0.39 is 0 Å². The number of hydrogen-bond acceptors (Lipinski definition) is 2. The van der Waals surface area contributed by atoms with Crippen LogP contribution in [0, 0.1) is 13.8 Å².